The smallest absolute Gasteiger partial charge is 0.236 e. The second-order valence-electron chi connectivity index (χ2n) is 6.96. The van der Waals surface area contributed by atoms with Crippen molar-refractivity contribution in [1.82, 2.24) is 30.0 Å². The molecule has 0 atom stereocenters. The van der Waals surface area contributed by atoms with Gasteiger partial charge < -0.3 is 0 Å². The molecular formula is C19H16N6O5S2. The number of hydrogen-bond acceptors (Lipinski definition) is 9. The highest BCUT2D eigenvalue weighted by molar-refractivity contribution is 7.91. The van der Waals surface area contributed by atoms with Crippen molar-refractivity contribution in [2.24, 2.45) is 0 Å². The number of rotatable bonds is 6. The van der Waals surface area contributed by atoms with Gasteiger partial charge in [-0.3, -0.25) is 4.79 Å². The molecule has 4 aromatic rings. The van der Waals surface area contributed by atoms with Crippen LogP contribution in [0.2, 0.25) is 0 Å². The van der Waals surface area contributed by atoms with E-state index >= 15 is 0 Å². The van der Waals surface area contributed by atoms with Crippen molar-refractivity contribution in [3.63, 3.8) is 0 Å². The fourth-order valence-electron chi connectivity index (χ4n) is 2.83. The Kier molecular flexibility index (Phi) is 5.22. The van der Waals surface area contributed by atoms with Crippen LogP contribution in [0, 0.1) is 0 Å². The van der Waals surface area contributed by atoms with Crippen molar-refractivity contribution in [3.8, 4) is 11.4 Å². The third kappa shape index (κ3) is 4.33. The van der Waals surface area contributed by atoms with Gasteiger partial charge in [-0.1, -0.05) is 22.6 Å². The summed E-state index contributed by atoms with van der Waals surface area (Å²) in [6.45, 7) is 0. The van der Waals surface area contributed by atoms with Gasteiger partial charge in [0.05, 0.1) is 33.6 Å². The van der Waals surface area contributed by atoms with Crippen molar-refractivity contribution in [2.75, 3.05) is 12.5 Å². The molecule has 11 nitrogen and oxygen atoms in total. The second-order valence-corrected chi connectivity index (χ2v) is 11.0. The predicted octanol–water partition coefficient (Wildman–Crippen LogP) is 0.886. The van der Waals surface area contributed by atoms with E-state index in [9.17, 15) is 21.6 Å². The van der Waals surface area contributed by atoms with Crippen molar-refractivity contribution in [3.05, 3.63) is 72.3 Å². The average molecular weight is 473 g/mol. The molecule has 0 N–H and O–H groups in total. The Morgan fingerprint density at radius 3 is 1.50 bits per heavy atom. The number of carbonyl (C=O) groups is 1. The van der Waals surface area contributed by atoms with Crippen LogP contribution < -0.4 is 0 Å². The Morgan fingerprint density at radius 1 is 0.719 bits per heavy atom. The highest BCUT2D eigenvalue weighted by Gasteiger charge is 2.19. The summed E-state index contributed by atoms with van der Waals surface area (Å²) in [5.41, 5.74) is 0.792. The van der Waals surface area contributed by atoms with Crippen molar-refractivity contribution < 1.29 is 21.6 Å². The Hall–Kier alpha value is -3.71. The highest BCUT2D eigenvalue weighted by Crippen LogP contribution is 2.17. The first kappa shape index (κ1) is 21.5. The van der Waals surface area contributed by atoms with E-state index in [4.69, 9.17) is 0 Å². The molecule has 0 radical (unpaired) electrons. The summed E-state index contributed by atoms with van der Waals surface area (Å²) >= 11 is 0. The SMILES string of the molecule is CS(=O)(=O)c1cccc(-n2cc(C(=O)c3cn(-c4cccc(S(C)(=O)=O)c4)nn3)nn2)c1. The fourth-order valence-corrected chi connectivity index (χ4v) is 4.15. The molecule has 0 aliphatic rings. The molecule has 0 bridgehead atoms. The summed E-state index contributed by atoms with van der Waals surface area (Å²) < 4.78 is 49.6. The number of hydrogen-bond donors (Lipinski definition) is 0. The monoisotopic (exact) mass is 472 g/mol. The van der Waals surface area contributed by atoms with E-state index in [0.29, 0.717) is 11.4 Å². The number of carbonyl (C=O) groups excluding carboxylic acids is 1. The van der Waals surface area contributed by atoms with Crippen molar-refractivity contribution >= 4 is 25.5 Å². The van der Waals surface area contributed by atoms with Crippen LogP contribution in [0.5, 0.6) is 0 Å². The Bertz CT molecular complexity index is 1440. The topological polar surface area (TPSA) is 147 Å². The molecule has 0 aliphatic heterocycles. The minimum absolute atomic E-state index is 0.0216. The molecule has 0 fully saturated rings. The number of aromatic nitrogens is 6. The number of nitrogens with zero attached hydrogens (tertiary/aromatic N) is 6. The summed E-state index contributed by atoms with van der Waals surface area (Å²) in [5, 5.41) is 15.5. The van der Waals surface area contributed by atoms with Crippen LogP contribution in [0.15, 0.2) is 70.7 Å². The maximum atomic E-state index is 12.8. The van der Waals surface area contributed by atoms with Crippen LogP contribution in [-0.2, 0) is 19.7 Å². The molecule has 4 rings (SSSR count). The first-order valence-corrected chi connectivity index (χ1v) is 12.8. The van der Waals surface area contributed by atoms with E-state index < -0.39 is 25.5 Å². The summed E-state index contributed by atoms with van der Waals surface area (Å²) in [5.74, 6) is -0.555. The first-order chi connectivity index (χ1) is 15.0. The van der Waals surface area contributed by atoms with Gasteiger partial charge in [-0.15, -0.1) is 10.2 Å². The standard InChI is InChI=1S/C19H16N6O5S2/c1-31(27,28)15-7-3-5-13(9-15)24-11-17(20-22-24)19(26)18-12-25(23-21-18)14-6-4-8-16(10-14)32(2,29)30/h3-12H,1-2H3. The van der Waals surface area contributed by atoms with Gasteiger partial charge in [0, 0.05) is 12.5 Å². The lowest BCUT2D eigenvalue weighted by Crippen LogP contribution is -2.03. The van der Waals surface area contributed by atoms with Crippen molar-refractivity contribution in [1.29, 1.82) is 0 Å². The molecule has 32 heavy (non-hydrogen) atoms. The van der Waals surface area contributed by atoms with Crippen LogP contribution >= 0.6 is 0 Å². The maximum absolute atomic E-state index is 12.8. The van der Waals surface area contributed by atoms with E-state index in [1.807, 2.05) is 0 Å². The van der Waals surface area contributed by atoms with Gasteiger partial charge in [-0.2, -0.15) is 0 Å². The molecule has 0 amide bonds. The summed E-state index contributed by atoms with van der Waals surface area (Å²) in [4.78, 5) is 13.0. The van der Waals surface area contributed by atoms with E-state index in [1.54, 1.807) is 24.3 Å². The molecule has 2 aromatic heterocycles. The Balaban J connectivity index is 1.61. The minimum atomic E-state index is -3.41. The molecule has 164 valence electrons. The molecule has 13 heteroatoms. The van der Waals surface area contributed by atoms with E-state index in [2.05, 4.69) is 20.6 Å². The van der Waals surface area contributed by atoms with Gasteiger partial charge in [0.2, 0.25) is 5.78 Å². The van der Waals surface area contributed by atoms with Crippen molar-refractivity contribution in [2.45, 2.75) is 9.79 Å². The Morgan fingerprint density at radius 2 is 1.12 bits per heavy atom. The quantitative estimate of drug-likeness (QED) is 0.373. The molecular weight excluding hydrogens is 456 g/mol. The normalized spacial score (nSPS) is 12.1. The fraction of sp³-hybridized carbons (Fsp3) is 0.105. The average Bonchev–Trinajstić information content (AvgIpc) is 3.43. The molecule has 0 aliphatic carbocycles. The molecule has 0 spiro atoms. The van der Waals surface area contributed by atoms with E-state index in [-0.39, 0.29) is 21.2 Å². The lowest BCUT2D eigenvalue weighted by Gasteiger charge is -2.02. The van der Waals surface area contributed by atoms with Gasteiger partial charge in [-0.25, -0.2) is 26.2 Å². The van der Waals surface area contributed by atoms with E-state index in [0.717, 1.165) is 12.5 Å². The second kappa shape index (κ2) is 7.76. The molecule has 2 aromatic carbocycles. The van der Waals surface area contributed by atoms with E-state index in [1.165, 1.54) is 46.0 Å². The Labute approximate surface area is 183 Å². The third-order valence-corrected chi connectivity index (χ3v) is 6.69. The zero-order chi connectivity index (χ0) is 23.1. The lowest BCUT2D eigenvalue weighted by atomic mass is 10.2. The molecule has 0 unspecified atom stereocenters. The number of benzene rings is 2. The number of sulfone groups is 2. The van der Waals surface area contributed by atoms with Crippen LogP contribution in [-0.4, -0.2) is 65.1 Å². The maximum Gasteiger partial charge on any atom is 0.236 e. The van der Waals surface area contributed by atoms with Crippen LogP contribution in [0.25, 0.3) is 11.4 Å². The summed E-state index contributed by atoms with van der Waals surface area (Å²) in [6, 6.07) is 12.1. The zero-order valence-electron chi connectivity index (χ0n) is 16.8. The van der Waals surface area contributed by atoms with Gasteiger partial charge in [0.15, 0.2) is 31.1 Å². The van der Waals surface area contributed by atoms with Gasteiger partial charge >= 0.3 is 0 Å². The molecule has 0 saturated carbocycles. The summed E-state index contributed by atoms with van der Waals surface area (Å²) in [7, 11) is -6.82. The van der Waals surface area contributed by atoms with Gasteiger partial charge in [0.1, 0.15) is 0 Å². The summed E-state index contributed by atoms with van der Waals surface area (Å²) in [6.07, 6.45) is 4.90. The molecule has 0 saturated heterocycles. The van der Waals surface area contributed by atoms with Crippen LogP contribution in [0.3, 0.4) is 0 Å². The molecule has 2 heterocycles. The predicted molar refractivity (Wildman–Crippen MR) is 112 cm³/mol. The minimum Gasteiger partial charge on any atom is -0.285 e. The zero-order valence-corrected chi connectivity index (χ0v) is 18.4. The first-order valence-electron chi connectivity index (χ1n) is 9.03. The van der Waals surface area contributed by atoms with Crippen LogP contribution in [0.4, 0.5) is 0 Å². The largest absolute Gasteiger partial charge is 0.285 e. The lowest BCUT2D eigenvalue weighted by molar-refractivity contribution is 0.102. The van der Waals surface area contributed by atoms with Gasteiger partial charge in [-0.05, 0) is 36.4 Å². The van der Waals surface area contributed by atoms with Gasteiger partial charge in [0.25, 0.3) is 0 Å². The van der Waals surface area contributed by atoms with Crippen LogP contribution in [0.1, 0.15) is 16.2 Å². The third-order valence-electron chi connectivity index (χ3n) is 4.47. The number of ketones is 1. The highest BCUT2D eigenvalue weighted by atomic mass is 32.2.